The monoisotopic (exact) mass is 1160 g/mol. The molecule has 0 heterocycles. The van der Waals surface area contributed by atoms with Crippen molar-refractivity contribution >= 4 is 40.7 Å². The predicted molar refractivity (Wildman–Crippen MR) is 333 cm³/mol. The first kappa shape index (κ1) is 79.1. The molecule has 0 saturated carbocycles. The molecule has 14 heteroatoms. The number of carbonyl (C=O) groups excluding carboxylic acids is 7. The van der Waals surface area contributed by atoms with Crippen molar-refractivity contribution < 1.29 is 57.2 Å². The molecule has 0 aromatic heterocycles. The van der Waals surface area contributed by atoms with E-state index in [0.717, 1.165) is 154 Å². The van der Waals surface area contributed by atoms with Gasteiger partial charge in [0.05, 0.1) is 38.1 Å². The highest BCUT2D eigenvalue weighted by atomic mass is 16.5. The minimum absolute atomic E-state index is 0.00355. The molecule has 82 heavy (non-hydrogen) atoms. The highest BCUT2D eigenvalue weighted by Crippen LogP contribution is 2.33. The number of amides is 2. The van der Waals surface area contributed by atoms with Gasteiger partial charge in [-0.05, 0) is 138 Å². The van der Waals surface area contributed by atoms with Crippen LogP contribution in [0.15, 0.2) is 0 Å². The van der Waals surface area contributed by atoms with Crippen LogP contribution in [0.4, 0.5) is 0 Å². The van der Waals surface area contributed by atoms with Crippen molar-refractivity contribution in [2.24, 2.45) is 10.8 Å². The second-order valence-electron chi connectivity index (χ2n) is 25.5. The van der Waals surface area contributed by atoms with Gasteiger partial charge >= 0.3 is 0 Å². The van der Waals surface area contributed by atoms with Crippen LogP contribution in [0.3, 0.4) is 0 Å². The number of Topliss-reactive ketones (excluding diaryl/α,β-unsaturated/α-hetero) is 5. The highest BCUT2D eigenvalue weighted by Gasteiger charge is 2.33. The normalized spacial score (nSPS) is 12.6. The maximum Gasteiger partial charge on any atom is 0.222 e. The molecule has 0 aromatic rings. The van der Waals surface area contributed by atoms with E-state index in [1.54, 1.807) is 0 Å². The predicted octanol–water partition coefficient (Wildman–Crippen LogP) is 15.2. The van der Waals surface area contributed by atoms with E-state index in [4.69, 9.17) is 23.7 Å². The lowest BCUT2D eigenvalue weighted by molar-refractivity contribution is -0.127. The molecule has 0 fully saturated rings. The molecule has 14 nitrogen and oxygen atoms in total. The van der Waals surface area contributed by atoms with E-state index >= 15 is 0 Å². The van der Waals surface area contributed by atoms with Gasteiger partial charge in [0.25, 0.3) is 0 Å². The van der Waals surface area contributed by atoms with Crippen molar-refractivity contribution in [1.82, 2.24) is 10.6 Å². The number of hydrogen-bond donors (Lipinski definition) is 2. The zero-order chi connectivity index (χ0) is 61.0. The summed E-state index contributed by atoms with van der Waals surface area (Å²) in [6, 6.07) is 0. The molecule has 0 aliphatic rings. The van der Waals surface area contributed by atoms with Crippen molar-refractivity contribution in [2.45, 2.75) is 325 Å². The first-order chi connectivity index (χ1) is 39.2. The third-order valence-electron chi connectivity index (χ3n) is 15.0. The van der Waals surface area contributed by atoms with Gasteiger partial charge in [0.2, 0.25) is 11.8 Å². The molecule has 2 N–H and O–H groups in total. The molecule has 0 aliphatic heterocycles. The number of ether oxygens (including phenoxy) is 5. The molecule has 0 aliphatic carbocycles. The first-order valence-electron chi connectivity index (χ1n) is 33.4. The molecule has 0 aromatic carbocycles. The zero-order valence-electron chi connectivity index (χ0n) is 54.4. The standard InChI is InChI=1S/C68H126N2O12/c1-57(2)80-50-32-27-40-61(72)36-21-16-14-15-19-31-49-78-55-68(54-63(74)42-22-17-12-10-11-13-18-25-43-64(75)67(7,8)9,46-30-26-39-60(71)37-23-20-24-38-62(73)41-28-33-51-81-58(3)4)56-79-53-45-66(77)70-48-35-47-69-65(76)44-29-34-52-82-59(5)6/h57-59H,10-56H2,1-9H3,(H,69,76)(H,70,77). The Balaban J connectivity index is 5.51. The average Bonchev–Trinajstić information content (AvgIpc) is 3.46. The fourth-order valence-corrected chi connectivity index (χ4v) is 9.83. The minimum Gasteiger partial charge on any atom is -0.381 e. The van der Waals surface area contributed by atoms with Crippen LogP contribution >= 0.6 is 0 Å². The molecule has 0 bridgehead atoms. The van der Waals surface area contributed by atoms with Crippen molar-refractivity contribution in [3.05, 3.63) is 0 Å². The largest absolute Gasteiger partial charge is 0.381 e. The van der Waals surface area contributed by atoms with Crippen molar-refractivity contribution in [3.8, 4) is 0 Å². The van der Waals surface area contributed by atoms with Gasteiger partial charge in [-0.15, -0.1) is 0 Å². The Labute approximate surface area is 501 Å². The molecule has 0 radical (unpaired) electrons. The topological polar surface area (TPSA) is 190 Å². The van der Waals surface area contributed by atoms with Crippen LogP contribution in [0.25, 0.3) is 0 Å². The summed E-state index contributed by atoms with van der Waals surface area (Å²) in [7, 11) is 0. The van der Waals surface area contributed by atoms with E-state index in [9.17, 15) is 33.6 Å². The van der Waals surface area contributed by atoms with Crippen LogP contribution < -0.4 is 10.6 Å². The Morgan fingerprint density at radius 1 is 0.329 bits per heavy atom. The van der Waals surface area contributed by atoms with Gasteiger partial charge in [0, 0.05) is 121 Å². The number of unbranched alkanes of at least 4 members (excludes halogenated alkanes) is 18. The number of rotatable bonds is 62. The average molecular weight is 1160 g/mol. The molecule has 0 spiro atoms. The molecule has 0 rings (SSSR count). The molecule has 1 unspecified atom stereocenters. The van der Waals surface area contributed by atoms with E-state index in [1.807, 2.05) is 62.3 Å². The Morgan fingerprint density at radius 3 is 1.07 bits per heavy atom. The van der Waals surface area contributed by atoms with Gasteiger partial charge in [-0.25, -0.2) is 0 Å². The Hall–Kier alpha value is -2.91. The van der Waals surface area contributed by atoms with Gasteiger partial charge in [0.15, 0.2) is 0 Å². The second-order valence-corrected chi connectivity index (χ2v) is 25.5. The third-order valence-corrected chi connectivity index (χ3v) is 15.0. The van der Waals surface area contributed by atoms with Gasteiger partial charge in [0.1, 0.15) is 28.9 Å². The highest BCUT2D eigenvalue weighted by molar-refractivity contribution is 5.83. The summed E-state index contributed by atoms with van der Waals surface area (Å²) in [5, 5.41) is 5.88. The summed E-state index contributed by atoms with van der Waals surface area (Å²) in [5.41, 5.74) is -0.876. The SMILES string of the molecule is CC(C)OCCCCC(=O)CCCCCCCCOCC(CCCCC(=O)CCCCCC(=O)CCCCOC(C)C)(COCCC(=O)NCCCNC(=O)CCCCOC(C)C)CC(=O)CCCCCCCCCCC(=O)C(C)(C)C. The van der Waals surface area contributed by atoms with Crippen LogP contribution in [0.1, 0.15) is 306 Å². The fraction of sp³-hybridized carbons (Fsp3) is 0.897. The Bertz CT molecular complexity index is 1560. The van der Waals surface area contributed by atoms with E-state index in [-0.39, 0.29) is 72.5 Å². The van der Waals surface area contributed by atoms with E-state index in [2.05, 4.69) is 10.6 Å². The summed E-state index contributed by atoms with van der Waals surface area (Å²) in [6.07, 6.45) is 30.8. The molecular formula is C68H126N2O12. The number of hydrogen-bond acceptors (Lipinski definition) is 12. The van der Waals surface area contributed by atoms with Crippen LogP contribution in [0, 0.1) is 10.8 Å². The van der Waals surface area contributed by atoms with Crippen LogP contribution in [0.5, 0.6) is 0 Å². The van der Waals surface area contributed by atoms with Crippen molar-refractivity contribution in [3.63, 3.8) is 0 Å². The maximum atomic E-state index is 14.0. The minimum atomic E-state index is -0.605. The maximum absolute atomic E-state index is 14.0. The quantitative estimate of drug-likeness (QED) is 0.0549. The van der Waals surface area contributed by atoms with Gasteiger partial charge in [-0.2, -0.15) is 0 Å². The summed E-state index contributed by atoms with van der Waals surface area (Å²) >= 11 is 0. The Kier molecular flexibility index (Phi) is 51.7. The molecule has 480 valence electrons. The lowest BCUT2D eigenvalue weighted by atomic mass is 9.78. The molecule has 0 saturated heterocycles. The third kappa shape index (κ3) is 53.8. The van der Waals surface area contributed by atoms with Crippen LogP contribution in [-0.4, -0.2) is 118 Å². The van der Waals surface area contributed by atoms with Gasteiger partial charge in [-0.3, -0.25) is 33.6 Å². The second kappa shape index (κ2) is 53.6. The van der Waals surface area contributed by atoms with Crippen molar-refractivity contribution in [2.75, 3.05) is 59.3 Å². The van der Waals surface area contributed by atoms with Gasteiger partial charge in [-0.1, -0.05) is 97.8 Å². The summed E-state index contributed by atoms with van der Waals surface area (Å²) in [5.74, 6) is 1.25. The fourth-order valence-electron chi connectivity index (χ4n) is 9.83. The lowest BCUT2D eigenvalue weighted by Crippen LogP contribution is -2.36. The molecular weight excluding hydrogens is 1040 g/mol. The summed E-state index contributed by atoms with van der Waals surface area (Å²) in [4.78, 5) is 89.2. The molecule has 1 atom stereocenters. The smallest absolute Gasteiger partial charge is 0.222 e. The van der Waals surface area contributed by atoms with Crippen molar-refractivity contribution in [1.29, 1.82) is 0 Å². The number of carbonyl (C=O) groups is 7. The zero-order valence-corrected chi connectivity index (χ0v) is 54.4. The van der Waals surface area contributed by atoms with E-state index in [1.165, 1.54) is 0 Å². The summed E-state index contributed by atoms with van der Waals surface area (Å²) < 4.78 is 29.5. The van der Waals surface area contributed by atoms with Gasteiger partial charge < -0.3 is 34.3 Å². The Morgan fingerprint density at radius 2 is 0.646 bits per heavy atom. The van der Waals surface area contributed by atoms with E-state index in [0.29, 0.717) is 141 Å². The lowest BCUT2D eigenvalue weighted by Gasteiger charge is -2.33. The van der Waals surface area contributed by atoms with Crippen LogP contribution in [-0.2, 0) is 57.2 Å². The summed E-state index contributed by atoms with van der Waals surface area (Å²) in [6.45, 7) is 22.4. The number of ketones is 5. The van der Waals surface area contributed by atoms with Crippen LogP contribution in [0.2, 0.25) is 0 Å². The van der Waals surface area contributed by atoms with E-state index < -0.39 is 5.41 Å². The number of nitrogens with one attached hydrogen (secondary N) is 2. The first-order valence-corrected chi connectivity index (χ1v) is 33.4. The molecule has 2 amide bonds.